The van der Waals surface area contributed by atoms with Crippen LogP contribution in [0.3, 0.4) is 0 Å². The summed E-state index contributed by atoms with van der Waals surface area (Å²) < 4.78 is 5.96. The largest absolute Gasteiger partial charge is 0.386 e. The number of ether oxygens (including phenoxy) is 1. The zero-order valence-electron chi connectivity index (χ0n) is 18.0. The average Bonchev–Trinajstić information content (AvgIpc) is 3.56. The third-order valence-electron chi connectivity index (χ3n) is 6.75. The number of hydrogen-bond donors (Lipinski definition) is 1. The topological polar surface area (TPSA) is 53.0 Å². The van der Waals surface area contributed by atoms with Gasteiger partial charge in [0, 0.05) is 31.2 Å². The first-order valence-corrected chi connectivity index (χ1v) is 11.4. The number of carbonyl (C=O) groups is 1. The number of amides is 1. The third kappa shape index (κ3) is 5.39. The minimum atomic E-state index is -0.879. The van der Waals surface area contributed by atoms with Crippen LogP contribution in [0.25, 0.3) is 0 Å². The molecule has 1 atom stereocenters. The number of likely N-dealkylation sites (tertiary alicyclic amines) is 2. The van der Waals surface area contributed by atoms with Crippen molar-refractivity contribution in [1.82, 2.24) is 9.80 Å². The molecule has 1 aromatic rings. The Morgan fingerprint density at radius 3 is 2.38 bits per heavy atom. The van der Waals surface area contributed by atoms with Gasteiger partial charge in [-0.15, -0.1) is 0 Å². The van der Waals surface area contributed by atoms with Gasteiger partial charge < -0.3 is 14.7 Å². The van der Waals surface area contributed by atoms with Crippen LogP contribution in [0, 0.1) is 5.92 Å². The highest BCUT2D eigenvalue weighted by molar-refractivity contribution is 5.94. The molecule has 1 N–H and O–H groups in total. The van der Waals surface area contributed by atoms with Crippen LogP contribution in [0.4, 0.5) is 0 Å². The Morgan fingerprint density at radius 1 is 1.07 bits per heavy atom. The summed E-state index contributed by atoms with van der Waals surface area (Å²) in [6, 6.07) is 8.00. The Hall–Kier alpha value is -1.43. The fraction of sp³-hybridized carbons (Fsp3) is 0.708. The maximum absolute atomic E-state index is 12.9. The summed E-state index contributed by atoms with van der Waals surface area (Å²) >= 11 is 0. The maximum Gasteiger partial charge on any atom is 0.253 e. The van der Waals surface area contributed by atoms with Crippen LogP contribution in [0.5, 0.6) is 0 Å². The highest BCUT2D eigenvalue weighted by Gasteiger charge is 2.31. The average molecular weight is 401 g/mol. The lowest BCUT2D eigenvalue weighted by Gasteiger charge is -2.42. The third-order valence-corrected chi connectivity index (χ3v) is 6.75. The molecule has 0 radical (unpaired) electrons. The van der Waals surface area contributed by atoms with Crippen LogP contribution in [0.15, 0.2) is 24.3 Å². The molecule has 0 spiro atoms. The summed E-state index contributed by atoms with van der Waals surface area (Å²) in [6.07, 6.45) is 7.74. The quantitative estimate of drug-likeness (QED) is 0.795. The van der Waals surface area contributed by atoms with Crippen molar-refractivity contribution >= 4 is 5.91 Å². The molecule has 5 nitrogen and oxygen atoms in total. The molecule has 1 aromatic carbocycles. The Morgan fingerprint density at radius 2 is 1.76 bits per heavy atom. The lowest BCUT2D eigenvalue weighted by molar-refractivity contribution is 0.0237. The van der Waals surface area contributed by atoms with E-state index in [1.54, 1.807) is 13.8 Å². The molecule has 1 aliphatic carbocycles. The number of benzene rings is 1. The molecule has 4 rings (SSSR count). The van der Waals surface area contributed by atoms with Crippen molar-refractivity contribution in [3.8, 4) is 0 Å². The highest BCUT2D eigenvalue weighted by Crippen LogP contribution is 2.28. The van der Waals surface area contributed by atoms with Crippen molar-refractivity contribution in [2.75, 3.05) is 32.8 Å². The molecule has 2 aliphatic heterocycles. The maximum atomic E-state index is 12.9. The van der Waals surface area contributed by atoms with E-state index in [0.717, 1.165) is 44.6 Å². The lowest BCUT2D eigenvalue weighted by Crippen LogP contribution is -2.50. The molecule has 3 aliphatic rings. The first-order chi connectivity index (χ1) is 13.9. The monoisotopic (exact) mass is 400 g/mol. The Labute approximate surface area is 175 Å². The van der Waals surface area contributed by atoms with Crippen molar-refractivity contribution in [3.63, 3.8) is 0 Å². The fourth-order valence-corrected chi connectivity index (χ4v) is 4.71. The SMILES string of the molecule is CC(C)(O)c1ccc(C(=O)N2CCC(N3CCCC(COC4CC4)C3)CC2)cc1. The summed E-state index contributed by atoms with van der Waals surface area (Å²) in [6.45, 7) is 8.46. The summed E-state index contributed by atoms with van der Waals surface area (Å²) in [5.41, 5.74) is 0.667. The highest BCUT2D eigenvalue weighted by atomic mass is 16.5. The smallest absolute Gasteiger partial charge is 0.253 e. The number of carbonyl (C=O) groups excluding carboxylic acids is 1. The van der Waals surface area contributed by atoms with Crippen molar-refractivity contribution in [3.05, 3.63) is 35.4 Å². The van der Waals surface area contributed by atoms with Crippen LogP contribution >= 0.6 is 0 Å². The van der Waals surface area contributed by atoms with E-state index in [2.05, 4.69) is 4.90 Å². The van der Waals surface area contributed by atoms with Crippen LogP contribution in [0.2, 0.25) is 0 Å². The standard InChI is InChI=1S/C24H36N2O3/c1-24(2,28)20-7-5-19(6-8-20)23(27)25-14-11-21(12-15-25)26-13-3-4-18(16-26)17-29-22-9-10-22/h5-8,18,21-22,28H,3-4,9-17H2,1-2H3. The van der Waals surface area contributed by atoms with Crippen LogP contribution in [0.1, 0.15) is 68.3 Å². The van der Waals surface area contributed by atoms with Crippen molar-refractivity contribution in [2.24, 2.45) is 5.92 Å². The van der Waals surface area contributed by atoms with Gasteiger partial charge in [0.05, 0.1) is 18.3 Å². The van der Waals surface area contributed by atoms with E-state index in [1.165, 1.54) is 32.2 Å². The predicted octanol–water partition coefficient (Wildman–Crippen LogP) is 3.41. The second-order valence-electron chi connectivity index (χ2n) is 9.70. The van der Waals surface area contributed by atoms with Crippen molar-refractivity contribution in [2.45, 2.75) is 70.1 Å². The van der Waals surface area contributed by atoms with Gasteiger partial charge in [-0.1, -0.05) is 12.1 Å². The zero-order chi connectivity index (χ0) is 20.4. The van der Waals surface area contributed by atoms with Gasteiger partial charge >= 0.3 is 0 Å². The number of nitrogens with zero attached hydrogens (tertiary/aromatic N) is 2. The number of rotatable bonds is 6. The minimum Gasteiger partial charge on any atom is -0.386 e. The molecule has 2 heterocycles. The summed E-state index contributed by atoms with van der Waals surface area (Å²) in [4.78, 5) is 17.5. The van der Waals surface area contributed by atoms with Crippen LogP contribution < -0.4 is 0 Å². The Bertz CT molecular complexity index is 685. The second kappa shape index (κ2) is 8.75. The molecule has 1 saturated carbocycles. The first-order valence-electron chi connectivity index (χ1n) is 11.4. The summed E-state index contributed by atoms with van der Waals surface area (Å²) in [5, 5.41) is 10.1. The van der Waals surface area contributed by atoms with E-state index in [9.17, 15) is 9.90 Å². The van der Waals surface area contributed by atoms with Gasteiger partial charge in [0.1, 0.15) is 0 Å². The Balaban J connectivity index is 1.26. The molecule has 1 unspecified atom stereocenters. The molecule has 160 valence electrons. The number of aliphatic hydroxyl groups is 1. The molecule has 2 saturated heterocycles. The molecule has 0 aromatic heterocycles. The fourth-order valence-electron chi connectivity index (χ4n) is 4.71. The van der Waals surface area contributed by atoms with Gasteiger partial charge in [0.2, 0.25) is 0 Å². The van der Waals surface area contributed by atoms with Gasteiger partial charge in [-0.05, 0) is 82.5 Å². The summed E-state index contributed by atoms with van der Waals surface area (Å²) in [5.74, 6) is 0.790. The predicted molar refractivity (Wildman–Crippen MR) is 114 cm³/mol. The first kappa shape index (κ1) is 20.8. The van der Waals surface area contributed by atoms with E-state index in [0.29, 0.717) is 23.6 Å². The molecule has 3 fully saturated rings. The van der Waals surface area contributed by atoms with E-state index < -0.39 is 5.60 Å². The van der Waals surface area contributed by atoms with E-state index in [1.807, 2.05) is 29.2 Å². The van der Waals surface area contributed by atoms with Crippen LogP contribution in [-0.4, -0.2) is 65.7 Å². The Kier molecular flexibility index (Phi) is 6.28. The van der Waals surface area contributed by atoms with Crippen molar-refractivity contribution in [1.29, 1.82) is 0 Å². The summed E-state index contributed by atoms with van der Waals surface area (Å²) in [7, 11) is 0. The van der Waals surface area contributed by atoms with Gasteiger partial charge in [-0.25, -0.2) is 0 Å². The molecule has 1 amide bonds. The molecule has 29 heavy (non-hydrogen) atoms. The number of hydrogen-bond acceptors (Lipinski definition) is 4. The lowest BCUT2D eigenvalue weighted by atomic mass is 9.94. The molecule has 5 heteroatoms. The normalized spacial score (nSPS) is 24.7. The van der Waals surface area contributed by atoms with Gasteiger partial charge in [-0.2, -0.15) is 0 Å². The van der Waals surface area contributed by atoms with Crippen molar-refractivity contribution < 1.29 is 14.6 Å². The zero-order valence-corrected chi connectivity index (χ0v) is 18.0. The molecular weight excluding hydrogens is 364 g/mol. The van der Waals surface area contributed by atoms with E-state index in [-0.39, 0.29) is 5.91 Å². The molecular formula is C24H36N2O3. The number of piperidine rings is 2. The van der Waals surface area contributed by atoms with Gasteiger partial charge in [-0.3, -0.25) is 9.69 Å². The second-order valence-corrected chi connectivity index (χ2v) is 9.70. The van der Waals surface area contributed by atoms with Gasteiger partial charge in [0.25, 0.3) is 5.91 Å². The van der Waals surface area contributed by atoms with Crippen LogP contribution in [-0.2, 0) is 10.3 Å². The van der Waals surface area contributed by atoms with Gasteiger partial charge in [0.15, 0.2) is 0 Å². The minimum absolute atomic E-state index is 0.111. The molecule has 0 bridgehead atoms. The van der Waals surface area contributed by atoms with E-state index in [4.69, 9.17) is 4.74 Å². The van der Waals surface area contributed by atoms with E-state index >= 15 is 0 Å².